The Hall–Kier alpha value is -0.277. The van der Waals surface area contributed by atoms with Crippen LogP contribution in [0.5, 0.6) is 0 Å². The van der Waals surface area contributed by atoms with Crippen LogP contribution in [-0.2, 0) is 29.0 Å². The van der Waals surface area contributed by atoms with Crippen molar-refractivity contribution in [3.05, 3.63) is 96.1 Å². The molecule has 2 aromatic carbocycles. The maximum atomic E-state index is 2.67. The average Bonchev–Trinajstić information content (AvgIpc) is 3.68. The van der Waals surface area contributed by atoms with Crippen molar-refractivity contribution < 1.29 is 23.2 Å². The molecule has 2 heterocycles. The fraction of sp³-hybridized carbons (Fsp3) is 0.400. The van der Waals surface area contributed by atoms with Gasteiger partial charge in [-0.1, -0.05) is 0 Å². The Morgan fingerprint density at radius 2 is 0.943 bits per heavy atom. The van der Waals surface area contributed by atoms with Gasteiger partial charge >= 0.3 is 215 Å². The number of allylic oxidation sites excluding steroid dienone is 4. The minimum absolute atomic E-state index is 0. The summed E-state index contributed by atoms with van der Waals surface area (Å²) in [5, 5.41) is 3.47. The molecule has 5 heteroatoms. The van der Waals surface area contributed by atoms with Gasteiger partial charge in [0.15, 0.2) is 0 Å². The molecule has 0 N–H and O–H groups in total. The van der Waals surface area contributed by atoms with Crippen LogP contribution >= 0.6 is 41.2 Å². The van der Waals surface area contributed by atoms with E-state index in [2.05, 4.69) is 85.0 Å². The minimum atomic E-state index is -0.996. The molecule has 2 aliphatic heterocycles. The molecule has 182 valence electrons. The van der Waals surface area contributed by atoms with Crippen LogP contribution in [0.4, 0.5) is 0 Å². The number of hydrogen-bond acceptors (Lipinski definition) is 0. The van der Waals surface area contributed by atoms with E-state index < -0.39 is 23.2 Å². The van der Waals surface area contributed by atoms with Crippen molar-refractivity contribution in [2.24, 2.45) is 11.8 Å². The largest absolute Gasteiger partial charge is 0.147 e. The third-order valence-corrected chi connectivity index (χ3v) is 18.1. The summed E-state index contributed by atoms with van der Waals surface area (Å²) in [7, 11) is 3.21. The van der Waals surface area contributed by atoms with Gasteiger partial charge in [-0.3, -0.25) is 0 Å². The normalized spacial score (nSPS) is 28.8. The van der Waals surface area contributed by atoms with Crippen LogP contribution in [0.25, 0.3) is 0 Å². The predicted octanol–water partition coefficient (Wildman–Crippen LogP) is 9.38. The average molecular weight is 619 g/mol. The molecule has 6 rings (SSSR count). The number of hydrogen-bond donors (Lipinski definition) is 0. The summed E-state index contributed by atoms with van der Waals surface area (Å²) < 4.78 is 0.474. The van der Waals surface area contributed by atoms with Crippen LogP contribution in [0.15, 0.2) is 85.0 Å². The monoisotopic (exact) mass is 616 g/mol. The Morgan fingerprint density at radius 1 is 0.571 bits per heavy atom. The molecule has 4 aliphatic rings. The summed E-state index contributed by atoms with van der Waals surface area (Å²) in [5.41, 5.74) is 3.13. The van der Waals surface area contributed by atoms with Crippen LogP contribution in [0.3, 0.4) is 0 Å². The standard InChI is InChI=1S/2C15H16P.2ClH.Zr/c2*1-2-6-12(7-3-1)14-10-11-15(16-14)13-8-4-5-9-13;;;/h2*1-3,6-7,10-11,13H,4-5,8-9H2;2*1H;. The van der Waals surface area contributed by atoms with E-state index in [9.17, 15) is 0 Å². The van der Waals surface area contributed by atoms with Crippen molar-refractivity contribution in [2.45, 2.75) is 57.1 Å². The molecule has 35 heavy (non-hydrogen) atoms. The molecule has 2 atom stereocenters. The summed E-state index contributed by atoms with van der Waals surface area (Å²) in [5.74, 6) is 1.66. The van der Waals surface area contributed by atoms with E-state index in [1.807, 2.05) is 0 Å². The summed E-state index contributed by atoms with van der Waals surface area (Å²) in [6, 6.07) is 23.1. The molecule has 2 aliphatic carbocycles. The van der Waals surface area contributed by atoms with Gasteiger partial charge in [-0.05, 0) is 0 Å². The molecule has 0 amide bonds. The molecule has 0 saturated heterocycles. The molecule has 0 aromatic heterocycles. The molecule has 0 radical (unpaired) electrons. The Labute approximate surface area is 238 Å². The zero-order valence-corrected chi connectivity index (χ0v) is 26.0. The fourth-order valence-corrected chi connectivity index (χ4v) is 18.2. The van der Waals surface area contributed by atoms with Gasteiger partial charge in [0.1, 0.15) is 0 Å². The van der Waals surface area contributed by atoms with Crippen LogP contribution in [0, 0.1) is 11.8 Å². The first-order valence-electron chi connectivity index (χ1n) is 12.7. The second kappa shape index (κ2) is 12.1. The Morgan fingerprint density at radius 3 is 1.31 bits per heavy atom. The first kappa shape index (κ1) is 27.7. The van der Waals surface area contributed by atoms with Gasteiger partial charge in [-0.2, -0.15) is 0 Å². The van der Waals surface area contributed by atoms with E-state index in [0.717, 1.165) is 11.8 Å². The summed E-state index contributed by atoms with van der Waals surface area (Å²) in [6.45, 7) is 0. The van der Waals surface area contributed by atoms with Gasteiger partial charge < -0.3 is 0 Å². The van der Waals surface area contributed by atoms with Crippen molar-refractivity contribution >= 4 is 51.8 Å². The van der Waals surface area contributed by atoms with Crippen LogP contribution in [0.1, 0.15) is 62.5 Å². The van der Waals surface area contributed by atoms with Crippen molar-refractivity contribution in [1.82, 2.24) is 0 Å². The first-order chi connectivity index (χ1) is 16.3. The maximum Gasteiger partial charge on any atom is -0.147 e. The molecule has 2 fully saturated rings. The van der Waals surface area contributed by atoms with Crippen LogP contribution in [0.2, 0.25) is 0 Å². The zero-order chi connectivity index (χ0) is 22.1. The summed E-state index contributed by atoms with van der Waals surface area (Å²) in [4.78, 5) is 0. The molecule has 0 nitrogen and oxygen atoms in total. The fourth-order valence-electron chi connectivity index (χ4n) is 6.15. The van der Waals surface area contributed by atoms with E-state index >= 15 is 0 Å². The summed E-state index contributed by atoms with van der Waals surface area (Å²) >= 11 is -0.996. The van der Waals surface area contributed by atoms with Crippen molar-refractivity contribution in [1.29, 1.82) is 0 Å². The molecule has 2 aromatic rings. The van der Waals surface area contributed by atoms with Gasteiger partial charge in [-0.15, -0.1) is 24.8 Å². The van der Waals surface area contributed by atoms with Gasteiger partial charge in [0.2, 0.25) is 0 Å². The Bertz CT molecular complexity index is 1030. The van der Waals surface area contributed by atoms with E-state index in [1.165, 1.54) is 51.4 Å². The number of benzene rings is 2. The van der Waals surface area contributed by atoms with Gasteiger partial charge in [0.25, 0.3) is 0 Å². The van der Waals surface area contributed by atoms with Gasteiger partial charge in [-0.25, -0.2) is 0 Å². The smallest absolute Gasteiger partial charge is 0.147 e. The van der Waals surface area contributed by atoms with Gasteiger partial charge in [0.05, 0.1) is 0 Å². The van der Waals surface area contributed by atoms with E-state index in [0.29, 0.717) is 0 Å². The molecule has 2 saturated carbocycles. The van der Waals surface area contributed by atoms with Gasteiger partial charge in [0, 0.05) is 0 Å². The first-order valence-corrected chi connectivity index (χ1v) is 17.0. The number of halogens is 2. The van der Waals surface area contributed by atoms with E-state index in [1.54, 1.807) is 38.1 Å². The summed E-state index contributed by atoms with van der Waals surface area (Å²) in [6.07, 6.45) is 21.8. The van der Waals surface area contributed by atoms with Crippen LogP contribution < -0.4 is 0 Å². The zero-order valence-electron chi connectivity index (χ0n) is 20.1. The second-order valence-electron chi connectivity index (χ2n) is 10.1. The van der Waals surface area contributed by atoms with Crippen LogP contribution in [-0.4, -0.2) is 10.6 Å². The second-order valence-corrected chi connectivity index (χ2v) is 19.5. The predicted molar refractivity (Wildman–Crippen MR) is 157 cm³/mol. The Kier molecular flexibility index (Phi) is 9.56. The molecule has 2 unspecified atom stereocenters. The number of rotatable bonds is 6. The third-order valence-electron chi connectivity index (χ3n) is 7.96. The molecule has 0 bridgehead atoms. The van der Waals surface area contributed by atoms with E-state index in [4.69, 9.17) is 0 Å². The quantitative estimate of drug-likeness (QED) is 0.283. The molecular formula is C30H34Cl2P2Zr. The Balaban J connectivity index is 0.00000144. The minimum Gasteiger partial charge on any atom is -0.147 e. The van der Waals surface area contributed by atoms with Crippen molar-refractivity contribution in [3.8, 4) is 0 Å². The SMILES string of the molecule is C1=C[C]([Zr][C]2(c3ccccc3)C=CC(C3CCCC3)=P2)(c2ccccc2)P=C1C1CCCC1.Cl.Cl. The maximum absolute atomic E-state index is 2.67. The van der Waals surface area contributed by atoms with E-state index in [-0.39, 0.29) is 30.5 Å². The topological polar surface area (TPSA) is 0 Å². The molecule has 0 spiro atoms. The van der Waals surface area contributed by atoms with Crippen molar-refractivity contribution in [3.63, 3.8) is 0 Å². The third kappa shape index (κ3) is 5.62. The molecular weight excluding hydrogens is 584 g/mol. The van der Waals surface area contributed by atoms with Crippen molar-refractivity contribution in [2.75, 3.05) is 0 Å².